The van der Waals surface area contributed by atoms with Gasteiger partial charge in [0.1, 0.15) is 29.3 Å². The Hall–Kier alpha value is -4.76. The van der Waals surface area contributed by atoms with Crippen molar-refractivity contribution in [1.82, 2.24) is 24.5 Å². The number of carbonyl (C=O) groups is 2. The fourth-order valence-electron chi connectivity index (χ4n) is 6.78. The Morgan fingerprint density at radius 2 is 1.26 bits per heavy atom. The van der Waals surface area contributed by atoms with E-state index in [1.807, 2.05) is 0 Å². The van der Waals surface area contributed by atoms with E-state index in [4.69, 9.17) is 42.3 Å². The van der Waals surface area contributed by atoms with Crippen LogP contribution in [0.15, 0.2) is 112 Å². The smallest absolute Gasteiger partial charge is 0.273 e. The summed E-state index contributed by atoms with van der Waals surface area (Å²) in [6.45, 7) is 3.23. The lowest BCUT2D eigenvalue weighted by Gasteiger charge is -2.28. The largest absolute Gasteiger partial charge is 0.457 e. The molecule has 0 bridgehead atoms. The number of halogens is 2. The van der Waals surface area contributed by atoms with Crippen molar-refractivity contribution in [3.63, 3.8) is 0 Å². The Labute approximate surface area is 363 Å². The maximum absolute atomic E-state index is 13.8. The first-order chi connectivity index (χ1) is 29.2. The van der Waals surface area contributed by atoms with Gasteiger partial charge in [-0.3, -0.25) is 19.7 Å². The van der Waals surface area contributed by atoms with Crippen LogP contribution in [0.3, 0.4) is 0 Å². The molecule has 3 heterocycles. The van der Waals surface area contributed by atoms with Gasteiger partial charge in [0, 0.05) is 35.7 Å². The van der Waals surface area contributed by atoms with E-state index >= 15 is 0 Å². The Balaban J connectivity index is 0.987. The molecule has 0 aliphatic carbocycles. The molecule has 3 N–H and O–H groups in total. The zero-order chi connectivity index (χ0) is 43.1. The Kier molecular flexibility index (Phi) is 14.2. The normalized spacial score (nSPS) is 19.5. The molecule has 7 rings (SSSR count). The molecule has 0 spiro atoms. The number of morpholine rings is 1. The number of hydrogen-bond donors (Lipinski definition) is 3. The minimum Gasteiger partial charge on any atom is -0.457 e. The van der Waals surface area contributed by atoms with E-state index in [1.54, 1.807) is 30.3 Å². The van der Waals surface area contributed by atoms with Crippen molar-refractivity contribution in [3.05, 3.63) is 113 Å². The van der Waals surface area contributed by atoms with Gasteiger partial charge in [0.05, 0.1) is 36.1 Å². The van der Waals surface area contributed by atoms with Crippen LogP contribution in [0.4, 0.5) is 0 Å². The molecule has 2 saturated heterocycles. The van der Waals surface area contributed by atoms with Crippen molar-refractivity contribution >= 4 is 55.1 Å². The van der Waals surface area contributed by atoms with Crippen molar-refractivity contribution in [3.8, 4) is 28.7 Å². The molecule has 2 amide bonds. The Morgan fingerprint density at radius 1 is 0.689 bits per heavy atom. The van der Waals surface area contributed by atoms with Gasteiger partial charge in [-0.15, -0.1) is 0 Å². The number of carbonyl (C=O) groups excluding carboxylic acids is 2. The van der Waals surface area contributed by atoms with Gasteiger partial charge in [0.25, 0.3) is 11.8 Å². The number of amides is 2. The third kappa shape index (κ3) is 11.6. The van der Waals surface area contributed by atoms with E-state index in [0.717, 1.165) is 10.6 Å². The van der Waals surface area contributed by atoms with Crippen molar-refractivity contribution in [2.45, 2.75) is 47.6 Å². The quantitative estimate of drug-likeness (QED) is 0.103. The summed E-state index contributed by atoms with van der Waals surface area (Å²) in [5.41, 5.74) is 0.788. The molecular weight excluding hydrogens is 874 g/mol. The molecule has 324 valence electrons. The van der Waals surface area contributed by atoms with Crippen molar-refractivity contribution in [2.24, 2.45) is 0 Å². The molecule has 61 heavy (non-hydrogen) atoms. The first kappa shape index (κ1) is 44.3. The van der Waals surface area contributed by atoms with Crippen LogP contribution in [0, 0.1) is 0 Å². The van der Waals surface area contributed by atoms with Gasteiger partial charge in [-0.1, -0.05) is 29.3 Å². The molecule has 0 aromatic heterocycles. The zero-order valence-corrected chi connectivity index (χ0v) is 35.8. The fourth-order valence-corrected chi connectivity index (χ4v) is 9.49. The molecular formula is C41H43Cl2N5O11S2. The van der Waals surface area contributed by atoms with Gasteiger partial charge in [-0.2, -0.15) is 14.5 Å². The molecule has 16 nitrogen and oxygen atoms in total. The second kappa shape index (κ2) is 19.5. The standard InChI is InChI=1S/C41H43Cl2N5O11S2/c42-29-5-8-31(9-6-29)57-32-10-14-34(15-11-32)60(52,53)44-36-3-1-2-20-48(41(36)50)59-39-25-30(43)7-19-38(39)58-33-12-16-35(17-13-33)61(54,55)45-37-18-4-28(27-47(51)40(37)49)26-46-21-23-56-24-22-46/h4-17,19,25,36-37,44-45,51H,1-3,18,20-24,26-27H2/t36?,37-/m1/s1. The third-order valence-corrected chi connectivity index (χ3v) is 13.4. The van der Waals surface area contributed by atoms with Crippen molar-refractivity contribution in [2.75, 3.05) is 45.9 Å². The highest BCUT2D eigenvalue weighted by Gasteiger charge is 2.34. The number of sulfonamides is 2. The summed E-state index contributed by atoms with van der Waals surface area (Å²) < 4.78 is 75.8. The van der Waals surface area contributed by atoms with Crippen LogP contribution in [-0.2, 0) is 34.4 Å². The summed E-state index contributed by atoms with van der Waals surface area (Å²) in [5.74, 6) is -0.113. The molecule has 3 aliphatic heterocycles. The summed E-state index contributed by atoms with van der Waals surface area (Å²) in [5, 5.41) is 12.9. The Morgan fingerprint density at radius 3 is 1.90 bits per heavy atom. The number of benzene rings is 4. The predicted molar refractivity (Wildman–Crippen MR) is 224 cm³/mol. The minimum atomic E-state index is -4.23. The molecule has 4 aromatic rings. The zero-order valence-electron chi connectivity index (χ0n) is 32.6. The number of ether oxygens (including phenoxy) is 3. The van der Waals surface area contributed by atoms with Crippen LogP contribution in [0.25, 0.3) is 0 Å². The number of hydroxylamine groups is 4. The maximum atomic E-state index is 13.8. The molecule has 0 saturated carbocycles. The highest BCUT2D eigenvalue weighted by molar-refractivity contribution is 7.89. The average Bonchev–Trinajstić information content (AvgIpc) is 3.48. The van der Waals surface area contributed by atoms with Gasteiger partial charge >= 0.3 is 0 Å². The summed E-state index contributed by atoms with van der Waals surface area (Å²) in [6.07, 6.45) is 3.08. The Bertz CT molecular complexity index is 2450. The number of nitrogens with zero attached hydrogens (tertiary/aromatic N) is 3. The lowest BCUT2D eigenvalue weighted by Crippen LogP contribution is -2.48. The van der Waals surface area contributed by atoms with Gasteiger partial charge in [0.15, 0.2) is 11.5 Å². The monoisotopic (exact) mass is 915 g/mol. The van der Waals surface area contributed by atoms with Crippen LogP contribution in [0.2, 0.25) is 10.0 Å². The van der Waals surface area contributed by atoms with Gasteiger partial charge in [-0.25, -0.2) is 21.9 Å². The molecule has 0 radical (unpaired) electrons. The van der Waals surface area contributed by atoms with Crippen molar-refractivity contribution in [1.29, 1.82) is 0 Å². The SMILES string of the molecule is O=C1[C@H](NS(=O)(=O)c2ccc(Oc3ccc(Cl)cc3ON3CCCCC(NS(=O)(=O)c4ccc(Oc5ccc(Cl)cc5)cc4)C3=O)cc2)CC=C(CN2CCOCC2)CN1O. The van der Waals surface area contributed by atoms with Crippen molar-refractivity contribution < 1.29 is 50.7 Å². The average molecular weight is 917 g/mol. The maximum Gasteiger partial charge on any atom is 0.273 e. The van der Waals surface area contributed by atoms with E-state index in [9.17, 15) is 31.6 Å². The summed E-state index contributed by atoms with van der Waals surface area (Å²) in [6, 6.07) is 19.9. The summed E-state index contributed by atoms with van der Waals surface area (Å²) >= 11 is 12.2. The third-order valence-electron chi connectivity index (χ3n) is 9.98. The van der Waals surface area contributed by atoms with Crippen LogP contribution in [0.5, 0.6) is 28.7 Å². The van der Waals surface area contributed by atoms with Crippen LogP contribution in [-0.4, -0.2) is 107 Å². The highest BCUT2D eigenvalue weighted by Crippen LogP contribution is 2.36. The lowest BCUT2D eigenvalue weighted by atomic mass is 10.1. The molecule has 2 fully saturated rings. The topological polar surface area (TPSA) is 193 Å². The van der Waals surface area contributed by atoms with Crippen LogP contribution >= 0.6 is 23.2 Å². The van der Waals surface area contributed by atoms with E-state index in [-0.39, 0.29) is 58.0 Å². The predicted octanol–water partition coefficient (Wildman–Crippen LogP) is 5.76. The minimum absolute atomic E-state index is 0.0406. The molecule has 4 aromatic carbocycles. The highest BCUT2D eigenvalue weighted by atomic mass is 35.5. The van der Waals surface area contributed by atoms with Gasteiger partial charge < -0.3 is 19.0 Å². The van der Waals surface area contributed by atoms with Crippen LogP contribution in [0.1, 0.15) is 25.7 Å². The molecule has 1 unspecified atom stereocenters. The first-order valence-corrected chi connectivity index (χ1v) is 23.1. The van der Waals surface area contributed by atoms with Gasteiger partial charge in [0.2, 0.25) is 20.0 Å². The van der Waals surface area contributed by atoms with Crippen LogP contribution < -0.4 is 23.8 Å². The second-order valence-electron chi connectivity index (χ2n) is 14.4. The fraction of sp³-hybridized carbons (Fsp3) is 0.317. The number of hydrogen-bond acceptors (Lipinski definition) is 12. The van der Waals surface area contributed by atoms with E-state index < -0.39 is 43.9 Å². The molecule has 20 heteroatoms. The molecule has 2 atom stereocenters. The number of rotatable bonds is 14. The first-order valence-electron chi connectivity index (χ1n) is 19.4. The second-order valence-corrected chi connectivity index (χ2v) is 18.8. The van der Waals surface area contributed by atoms with E-state index in [0.29, 0.717) is 67.3 Å². The lowest BCUT2D eigenvalue weighted by molar-refractivity contribution is -0.164. The van der Waals surface area contributed by atoms with Gasteiger partial charge in [-0.05, 0) is 116 Å². The van der Waals surface area contributed by atoms with E-state index in [2.05, 4.69) is 14.3 Å². The summed E-state index contributed by atoms with van der Waals surface area (Å²) in [4.78, 5) is 34.7. The number of nitrogens with one attached hydrogen (secondary N) is 2. The molecule has 3 aliphatic rings. The summed E-state index contributed by atoms with van der Waals surface area (Å²) in [7, 11) is -8.37. The van der Waals surface area contributed by atoms with E-state index in [1.165, 1.54) is 66.7 Å².